The highest BCUT2D eigenvalue weighted by atomic mass is 15.0. The molecule has 0 aliphatic carbocycles. The van der Waals surface area contributed by atoms with E-state index in [-0.39, 0.29) is 12.1 Å². The highest BCUT2D eigenvalue weighted by molar-refractivity contribution is 5.33. The Morgan fingerprint density at radius 1 is 0.950 bits per heavy atom. The summed E-state index contributed by atoms with van der Waals surface area (Å²) in [5, 5.41) is 3.62. The van der Waals surface area contributed by atoms with Crippen molar-refractivity contribution in [2.75, 3.05) is 0 Å². The van der Waals surface area contributed by atoms with Crippen LogP contribution in [0.5, 0.6) is 0 Å². The number of aryl methyl sites for hydroxylation is 3. The maximum atomic E-state index is 4.44. The van der Waals surface area contributed by atoms with Crippen LogP contribution in [0.15, 0.2) is 30.6 Å². The van der Waals surface area contributed by atoms with Crippen LogP contribution in [0, 0.1) is 20.8 Å². The molecular formula is C17H23N3. The van der Waals surface area contributed by atoms with Crippen molar-refractivity contribution in [3.05, 3.63) is 58.7 Å². The predicted molar refractivity (Wildman–Crippen MR) is 82.7 cm³/mol. The molecule has 2 atom stereocenters. The van der Waals surface area contributed by atoms with E-state index in [0.29, 0.717) is 0 Å². The van der Waals surface area contributed by atoms with Crippen LogP contribution in [-0.4, -0.2) is 9.97 Å². The van der Waals surface area contributed by atoms with Crippen molar-refractivity contribution >= 4 is 0 Å². The minimum atomic E-state index is 0.179. The molecule has 0 amide bonds. The van der Waals surface area contributed by atoms with Crippen molar-refractivity contribution in [2.24, 2.45) is 0 Å². The number of nitrogens with one attached hydrogen (secondary N) is 1. The number of rotatable bonds is 4. The van der Waals surface area contributed by atoms with Gasteiger partial charge in [0.1, 0.15) is 0 Å². The fourth-order valence-electron chi connectivity index (χ4n) is 2.61. The minimum Gasteiger partial charge on any atom is -0.302 e. The van der Waals surface area contributed by atoms with E-state index < -0.39 is 0 Å². The van der Waals surface area contributed by atoms with E-state index >= 15 is 0 Å². The van der Waals surface area contributed by atoms with Gasteiger partial charge in [0, 0.05) is 24.5 Å². The summed E-state index contributed by atoms with van der Waals surface area (Å²) in [7, 11) is 0. The van der Waals surface area contributed by atoms with Crippen molar-refractivity contribution in [2.45, 2.75) is 46.7 Å². The van der Waals surface area contributed by atoms with Crippen molar-refractivity contribution in [1.82, 2.24) is 15.3 Å². The van der Waals surface area contributed by atoms with E-state index in [2.05, 4.69) is 61.2 Å². The summed E-state index contributed by atoms with van der Waals surface area (Å²) in [4.78, 5) is 8.75. The number of aromatic nitrogens is 2. The molecule has 1 N–H and O–H groups in total. The van der Waals surface area contributed by atoms with Crippen LogP contribution in [0.25, 0.3) is 0 Å². The van der Waals surface area contributed by atoms with Gasteiger partial charge in [0.15, 0.2) is 0 Å². The Kier molecular flexibility index (Phi) is 4.50. The van der Waals surface area contributed by atoms with Gasteiger partial charge >= 0.3 is 0 Å². The molecular weight excluding hydrogens is 246 g/mol. The van der Waals surface area contributed by atoms with Gasteiger partial charge in [0.25, 0.3) is 0 Å². The quantitative estimate of drug-likeness (QED) is 0.917. The highest BCUT2D eigenvalue weighted by Crippen LogP contribution is 2.22. The van der Waals surface area contributed by atoms with Crippen LogP contribution in [0.1, 0.15) is 54.0 Å². The molecule has 2 rings (SSSR count). The Hall–Kier alpha value is -1.74. The van der Waals surface area contributed by atoms with Crippen LogP contribution in [0.3, 0.4) is 0 Å². The summed E-state index contributed by atoms with van der Waals surface area (Å²) < 4.78 is 0. The first-order chi connectivity index (χ1) is 9.49. The second-order valence-electron chi connectivity index (χ2n) is 5.50. The van der Waals surface area contributed by atoms with Gasteiger partial charge in [-0.1, -0.05) is 23.8 Å². The van der Waals surface area contributed by atoms with Gasteiger partial charge < -0.3 is 5.32 Å². The van der Waals surface area contributed by atoms with Crippen molar-refractivity contribution in [3.63, 3.8) is 0 Å². The van der Waals surface area contributed by atoms with Gasteiger partial charge in [0.2, 0.25) is 0 Å². The molecule has 0 fully saturated rings. The first kappa shape index (κ1) is 14.7. The lowest BCUT2D eigenvalue weighted by Crippen LogP contribution is -2.24. The summed E-state index contributed by atoms with van der Waals surface area (Å²) >= 11 is 0. The van der Waals surface area contributed by atoms with E-state index in [1.807, 2.05) is 6.92 Å². The van der Waals surface area contributed by atoms with Crippen LogP contribution < -0.4 is 5.32 Å². The van der Waals surface area contributed by atoms with Crippen molar-refractivity contribution in [3.8, 4) is 0 Å². The molecule has 0 aliphatic rings. The number of hydrogen-bond acceptors (Lipinski definition) is 3. The summed E-state index contributed by atoms with van der Waals surface area (Å²) in [6.45, 7) is 10.6. The lowest BCUT2D eigenvalue weighted by Gasteiger charge is -2.22. The Labute approximate surface area is 121 Å². The molecule has 0 bridgehead atoms. The van der Waals surface area contributed by atoms with Gasteiger partial charge in [-0.2, -0.15) is 0 Å². The third-order valence-electron chi connectivity index (χ3n) is 3.73. The number of nitrogens with zero attached hydrogens (tertiary/aromatic N) is 2. The summed E-state index contributed by atoms with van der Waals surface area (Å²) in [6, 6.07) is 7.05. The van der Waals surface area contributed by atoms with Gasteiger partial charge in [-0.15, -0.1) is 0 Å². The molecule has 0 spiro atoms. The summed E-state index contributed by atoms with van der Waals surface area (Å²) in [5.74, 6) is 0. The van der Waals surface area contributed by atoms with Gasteiger partial charge in [-0.25, -0.2) is 0 Å². The maximum Gasteiger partial charge on any atom is 0.0782 e. The standard InChI is InChI=1S/C17H23N3/c1-11-6-7-12(2)16(10-11)13(3)20-15(5)17-14(4)18-8-9-19-17/h6-10,13,15,20H,1-5H3. The lowest BCUT2D eigenvalue weighted by molar-refractivity contribution is 0.481. The normalized spacial score (nSPS) is 14.1. The van der Waals surface area contributed by atoms with Crippen molar-refractivity contribution in [1.29, 1.82) is 0 Å². The van der Waals surface area contributed by atoms with E-state index in [4.69, 9.17) is 0 Å². The van der Waals surface area contributed by atoms with E-state index in [1.165, 1.54) is 16.7 Å². The lowest BCUT2D eigenvalue weighted by atomic mass is 9.99. The first-order valence-electron chi connectivity index (χ1n) is 7.09. The molecule has 1 heterocycles. The molecule has 0 aliphatic heterocycles. The smallest absolute Gasteiger partial charge is 0.0782 e. The molecule has 2 unspecified atom stereocenters. The molecule has 2 aromatic rings. The van der Waals surface area contributed by atoms with Crippen LogP contribution in [-0.2, 0) is 0 Å². The zero-order valence-electron chi connectivity index (χ0n) is 12.9. The third kappa shape index (κ3) is 3.23. The molecule has 1 aromatic carbocycles. The molecule has 106 valence electrons. The predicted octanol–water partition coefficient (Wildman–Crippen LogP) is 3.81. The Balaban J connectivity index is 2.17. The van der Waals surface area contributed by atoms with Gasteiger partial charge in [-0.3, -0.25) is 9.97 Å². The average molecular weight is 269 g/mol. The van der Waals surface area contributed by atoms with Crippen LogP contribution >= 0.6 is 0 Å². The van der Waals surface area contributed by atoms with E-state index in [0.717, 1.165) is 11.4 Å². The molecule has 3 heteroatoms. The highest BCUT2D eigenvalue weighted by Gasteiger charge is 2.15. The van der Waals surface area contributed by atoms with Gasteiger partial charge in [0.05, 0.1) is 11.4 Å². The molecule has 3 nitrogen and oxygen atoms in total. The topological polar surface area (TPSA) is 37.8 Å². The largest absolute Gasteiger partial charge is 0.302 e. The molecule has 0 radical (unpaired) electrons. The Morgan fingerprint density at radius 3 is 2.35 bits per heavy atom. The van der Waals surface area contributed by atoms with Crippen molar-refractivity contribution < 1.29 is 0 Å². The summed E-state index contributed by atoms with van der Waals surface area (Å²) in [6.07, 6.45) is 3.49. The van der Waals surface area contributed by atoms with E-state index in [9.17, 15) is 0 Å². The van der Waals surface area contributed by atoms with E-state index in [1.54, 1.807) is 12.4 Å². The molecule has 0 saturated heterocycles. The number of benzene rings is 1. The first-order valence-corrected chi connectivity index (χ1v) is 7.09. The Bertz CT molecular complexity index is 593. The zero-order chi connectivity index (χ0) is 14.7. The maximum absolute atomic E-state index is 4.44. The molecule has 1 aromatic heterocycles. The SMILES string of the molecule is Cc1ccc(C)c(C(C)NC(C)c2nccnc2C)c1. The zero-order valence-corrected chi connectivity index (χ0v) is 12.9. The van der Waals surface area contributed by atoms with Gasteiger partial charge in [-0.05, 0) is 45.7 Å². The Morgan fingerprint density at radius 2 is 1.65 bits per heavy atom. The monoisotopic (exact) mass is 269 g/mol. The molecule has 20 heavy (non-hydrogen) atoms. The number of hydrogen-bond donors (Lipinski definition) is 1. The second kappa shape index (κ2) is 6.14. The third-order valence-corrected chi connectivity index (χ3v) is 3.73. The van der Waals surface area contributed by atoms with Crippen LogP contribution in [0.2, 0.25) is 0 Å². The second-order valence-corrected chi connectivity index (χ2v) is 5.50. The fraction of sp³-hybridized carbons (Fsp3) is 0.412. The fourth-order valence-corrected chi connectivity index (χ4v) is 2.61. The average Bonchev–Trinajstić information content (AvgIpc) is 2.41. The minimum absolute atomic E-state index is 0.179. The summed E-state index contributed by atoms with van der Waals surface area (Å²) in [5.41, 5.74) is 5.96. The molecule has 0 saturated carbocycles. The van der Waals surface area contributed by atoms with Crippen LogP contribution in [0.4, 0.5) is 0 Å².